The van der Waals surface area contributed by atoms with E-state index in [-0.39, 0.29) is 22.8 Å². The molecular formula is C21H20F4N2O4. The molecule has 0 aliphatic rings. The van der Waals surface area contributed by atoms with Crippen LogP contribution < -0.4 is 20.3 Å². The lowest BCUT2D eigenvalue weighted by molar-refractivity contribution is -0.0885. The second-order valence-corrected chi connectivity index (χ2v) is 6.16. The number of allylic oxidation sites excluding steroid dienone is 3. The molecular weight excluding hydrogens is 420 g/mol. The van der Waals surface area contributed by atoms with Crippen molar-refractivity contribution in [2.24, 2.45) is 0 Å². The summed E-state index contributed by atoms with van der Waals surface area (Å²) in [6, 6.07) is 5.74. The number of aromatic nitrogens is 1. The third kappa shape index (κ3) is 6.48. The van der Waals surface area contributed by atoms with E-state index < -0.39 is 35.1 Å². The molecule has 0 fully saturated rings. The number of benzene rings is 1. The SMILES string of the molecule is C=C(/C(=C\C(=C/C)C(F)(F)F)Oc1ccc(F)cc1OC)C(O)Nc1cc[nH]c(=O)c1. The smallest absolute Gasteiger partial charge is 0.416 e. The summed E-state index contributed by atoms with van der Waals surface area (Å²) in [5.41, 5.74) is -1.61. The highest BCUT2D eigenvalue weighted by Gasteiger charge is 2.33. The topological polar surface area (TPSA) is 83.6 Å². The summed E-state index contributed by atoms with van der Waals surface area (Å²) in [6.45, 7) is 4.79. The highest BCUT2D eigenvalue weighted by molar-refractivity contribution is 5.48. The minimum Gasteiger partial charge on any atom is -0.493 e. The molecule has 0 spiro atoms. The van der Waals surface area contributed by atoms with Crippen LogP contribution in [0.2, 0.25) is 0 Å². The van der Waals surface area contributed by atoms with Crippen molar-refractivity contribution >= 4 is 5.69 Å². The number of pyridine rings is 1. The van der Waals surface area contributed by atoms with Gasteiger partial charge in [0.05, 0.1) is 12.7 Å². The molecule has 1 aromatic heterocycles. The number of nitrogens with one attached hydrogen (secondary N) is 2. The van der Waals surface area contributed by atoms with Gasteiger partial charge in [-0.15, -0.1) is 0 Å². The molecule has 166 valence electrons. The van der Waals surface area contributed by atoms with Crippen LogP contribution in [0.3, 0.4) is 0 Å². The maximum absolute atomic E-state index is 13.5. The quantitative estimate of drug-likeness (QED) is 0.247. The van der Waals surface area contributed by atoms with Gasteiger partial charge < -0.3 is 24.9 Å². The van der Waals surface area contributed by atoms with Crippen LogP contribution in [0.1, 0.15) is 6.92 Å². The third-order valence-electron chi connectivity index (χ3n) is 4.00. The first-order valence-corrected chi connectivity index (χ1v) is 8.84. The highest BCUT2D eigenvalue weighted by atomic mass is 19.4. The fourth-order valence-corrected chi connectivity index (χ4v) is 2.42. The Morgan fingerprint density at radius 2 is 1.97 bits per heavy atom. The molecule has 3 N–H and O–H groups in total. The first-order valence-electron chi connectivity index (χ1n) is 8.84. The van der Waals surface area contributed by atoms with Crippen LogP contribution in [0.15, 0.2) is 77.0 Å². The van der Waals surface area contributed by atoms with Crippen molar-refractivity contribution in [3.8, 4) is 11.5 Å². The average molecular weight is 440 g/mol. The largest absolute Gasteiger partial charge is 0.493 e. The van der Waals surface area contributed by atoms with Crippen LogP contribution in [0, 0.1) is 5.82 Å². The zero-order chi connectivity index (χ0) is 23.2. The number of H-pyrrole nitrogens is 1. The lowest BCUT2D eigenvalue weighted by atomic mass is 10.1. The summed E-state index contributed by atoms with van der Waals surface area (Å²) >= 11 is 0. The second kappa shape index (κ2) is 9.98. The second-order valence-electron chi connectivity index (χ2n) is 6.16. The number of aliphatic hydroxyl groups is 1. The summed E-state index contributed by atoms with van der Waals surface area (Å²) in [5.74, 6) is -1.28. The Kier molecular flexibility index (Phi) is 7.65. The molecule has 0 bridgehead atoms. The van der Waals surface area contributed by atoms with Gasteiger partial charge in [0.1, 0.15) is 11.6 Å². The molecule has 1 heterocycles. The zero-order valence-electron chi connectivity index (χ0n) is 16.6. The van der Waals surface area contributed by atoms with E-state index in [4.69, 9.17) is 9.47 Å². The standard InChI is InChI=1S/C21H20F4N2O4/c1-4-13(21(23,24)25)9-17(31-16-6-5-14(22)10-18(16)30-3)12(2)20(29)27-15-7-8-26-19(28)11-15/h4-11,20,29H,2H2,1,3H3,(H2,26,27,28)/b13-4+,17-9+. The molecule has 0 saturated carbocycles. The van der Waals surface area contributed by atoms with E-state index in [2.05, 4.69) is 16.9 Å². The lowest BCUT2D eigenvalue weighted by Crippen LogP contribution is -2.25. The molecule has 0 amide bonds. The summed E-state index contributed by atoms with van der Waals surface area (Å²) in [5, 5.41) is 13.0. The summed E-state index contributed by atoms with van der Waals surface area (Å²) in [4.78, 5) is 13.8. The van der Waals surface area contributed by atoms with Crippen molar-refractivity contribution in [1.29, 1.82) is 0 Å². The molecule has 31 heavy (non-hydrogen) atoms. The van der Waals surface area contributed by atoms with Gasteiger partial charge >= 0.3 is 6.18 Å². The predicted octanol–water partition coefficient (Wildman–Crippen LogP) is 4.28. The number of hydrogen-bond donors (Lipinski definition) is 3. The van der Waals surface area contributed by atoms with Crippen molar-refractivity contribution in [2.75, 3.05) is 12.4 Å². The summed E-state index contributed by atoms with van der Waals surface area (Å²) in [6.07, 6.45) is -3.55. The summed E-state index contributed by atoms with van der Waals surface area (Å²) < 4.78 is 63.8. The minimum absolute atomic E-state index is 0.0789. The average Bonchev–Trinajstić information content (AvgIpc) is 2.70. The van der Waals surface area contributed by atoms with Crippen molar-refractivity contribution in [2.45, 2.75) is 19.3 Å². The normalized spacial score (nSPS) is 13.5. The van der Waals surface area contributed by atoms with Crippen molar-refractivity contribution in [3.05, 3.63) is 88.3 Å². The fraction of sp³-hybridized carbons (Fsp3) is 0.190. The zero-order valence-corrected chi connectivity index (χ0v) is 16.6. The van der Waals surface area contributed by atoms with E-state index >= 15 is 0 Å². The molecule has 1 unspecified atom stereocenters. The number of hydrogen-bond acceptors (Lipinski definition) is 5. The lowest BCUT2D eigenvalue weighted by Gasteiger charge is -2.21. The predicted molar refractivity (Wildman–Crippen MR) is 107 cm³/mol. The Morgan fingerprint density at radius 3 is 2.55 bits per heavy atom. The molecule has 2 rings (SSSR count). The molecule has 0 aliphatic carbocycles. The van der Waals surface area contributed by atoms with Crippen LogP contribution in [0.4, 0.5) is 23.2 Å². The molecule has 0 radical (unpaired) electrons. The van der Waals surface area contributed by atoms with Gasteiger partial charge in [0.2, 0.25) is 5.56 Å². The van der Waals surface area contributed by atoms with E-state index in [0.29, 0.717) is 6.08 Å². The number of aliphatic hydroxyl groups excluding tert-OH is 1. The maximum Gasteiger partial charge on any atom is 0.416 e. The van der Waals surface area contributed by atoms with E-state index in [1.54, 1.807) is 0 Å². The number of anilines is 1. The Morgan fingerprint density at radius 1 is 1.26 bits per heavy atom. The van der Waals surface area contributed by atoms with E-state index in [0.717, 1.165) is 30.3 Å². The molecule has 1 aromatic carbocycles. The van der Waals surface area contributed by atoms with Crippen LogP contribution in [0.5, 0.6) is 11.5 Å². The monoisotopic (exact) mass is 440 g/mol. The Labute approximate surface area is 175 Å². The number of aromatic amines is 1. The molecule has 1 atom stereocenters. The Hall–Kier alpha value is -3.53. The van der Waals surface area contributed by atoms with Crippen LogP contribution >= 0.6 is 0 Å². The van der Waals surface area contributed by atoms with E-state index in [1.165, 1.54) is 26.3 Å². The number of alkyl halides is 3. The third-order valence-corrected chi connectivity index (χ3v) is 4.00. The Bertz CT molecular complexity index is 1060. The number of rotatable bonds is 8. The number of methoxy groups -OCH3 is 1. The van der Waals surface area contributed by atoms with Gasteiger partial charge in [0.15, 0.2) is 17.7 Å². The van der Waals surface area contributed by atoms with E-state index in [1.807, 2.05) is 0 Å². The molecule has 0 saturated heterocycles. The van der Waals surface area contributed by atoms with Gasteiger partial charge in [-0.2, -0.15) is 13.2 Å². The van der Waals surface area contributed by atoms with Gasteiger partial charge in [0, 0.05) is 29.6 Å². The van der Waals surface area contributed by atoms with Crippen LogP contribution in [0.25, 0.3) is 0 Å². The van der Waals surface area contributed by atoms with Crippen molar-refractivity contribution in [1.82, 2.24) is 4.98 Å². The molecule has 6 nitrogen and oxygen atoms in total. The van der Waals surface area contributed by atoms with Gasteiger partial charge in [-0.3, -0.25) is 4.79 Å². The van der Waals surface area contributed by atoms with Crippen LogP contribution in [-0.4, -0.2) is 29.6 Å². The number of ether oxygens (including phenoxy) is 2. The molecule has 0 aliphatic heterocycles. The van der Waals surface area contributed by atoms with Gasteiger partial charge in [-0.25, -0.2) is 4.39 Å². The highest BCUT2D eigenvalue weighted by Crippen LogP contribution is 2.33. The maximum atomic E-state index is 13.5. The van der Waals surface area contributed by atoms with Crippen molar-refractivity contribution < 1.29 is 32.1 Å². The van der Waals surface area contributed by atoms with Gasteiger partial charge in [0.25, 0.3) is 0 Å². The summed E-state index contributed by atoms with van der Waals surface area (Å²) in [7, 11) is 1.23. The fourth-order valence-electron chi connectivity index (χ4n) is 2.42. The van der Waals surface area contributed by atoms with Crippen LogP contribution in [-0.2, 0) is 0 Å². The number of halogens is 4. The van der Waals surface area contributed by atoms with Crippen molar-refractivity contribution in [3.63, 3.8) is 0 Å². The molecule has 2 aromatic rings. The Balaban J connectivity index is 2.43. The van der Waals surface area contributed by atoms with Gasteiger partial charge in [-0.1, -0.05) is 12.7 Å². The van der Waals surface area contributed by atoms with Gasteiger partial charge in [-0.05, 0) is 31.2 Å². The first-order chi connectivity index (χ1) is 14.5. The van der Waals surface area contributed by atoms with E-state index in [9.17, 15) is 27.5 Å². The minimum atomic E-state index is -4.71. The molecule has 10 heteroatoms. The first kappa shape index (κ1) is 23.7.